The van der Waals surface area contributed by atoms with Crippen LogP contribution < -0.4 is 20.1 Å². The lowest BCUT2D eigenvalue weighted by Crippen LogP contribution is -2.27. The van der Waals surface area contributed by atoms with E-state index in [1.807, 2.05) is 18.2 Å². The van der Waals surface area contributed by atoms with Crippen molar-refractivity contribution < 1.29 is 19.2 Å². The Morgan fingerprint density at radius 3 is 2.56 bits per heavy atom. The minimum atomic E-state index is -0.446. The number of fused-ring (bicyclic) bond motifs is 1. The highest BCUT2D eigenvalue weighted by Gasteiger charge is 2.10. The number of anilines is 1. The van der Waals surface area contributed by atoms with Crippen molar-refractivity contribution in [3.63, 3.8) is 0 Å². The maximum atomic E-state index is 11.9. The molecule has 2 aromatic carbocycles. The van der Waals surface area contributed by atoms with E-state index in [-0.39, 0.29) is 11.6 Å². The molecule has 0 radical (unpaired) electrons. The van der Waals surface area contributed by atoms with Gasteiger partial charge in [0.25, 0.3) is 5.69 Å². The van der Waals surface area contributed by atoms with Gasteiger partial charge in [0, 0.05) is 37.0 Å². The first-order chi connectivity index (χ1) is 13.1. The van der Waals surface area contributed by atoms with Crippen LogP contribution in [0.1, 0.15) is 5.56 Å². The SMILES string of the molecule is O=C(/C=C/c1ccc2c(c1)OCCO2)NCCNc1ccc([N+](=O)[O-])cc1. The van der Waals surface area contributed by atoms with Crippen LogP contribution in [0.15, 0.2) is 48.5 Å². The Morgan fingerprint density at radius 1 is 1.07 bits per heavy atom. The van der Waals surface area contributed by atoms with Crippen LogP contribution in [0.2, 0.25) is 0 Å². The molecule has 0 saturated heterocycles. The molecule has 0 atom stereocenters. The smallest absolute Gasteiger partial charge is 0.269 e. The van der Waals surface area contributed by atoms with Gasteiger partial charge in [0.2, 0.25) is 5.91 Å². The van der Waals surface area contributed by atoms with Gasteiger partial charge in [-0.05, 0) is 35.9 Å². The lowest BCUT2D eigenvalue weighted by Gasteiger charge is -2.18. The molecule has 0 saturated carbocycles. The Hall–Kier alpha value is -3.55. The van der Waals surface area contributed by atoms with Gasteiger partial charge >= 0.3 is 0 Å². The second kappa shape index (κ2) is 8.70. The van der Waals surface area contributed by atoms with Gasteiger partial charge in [-0.25, -0.2) is 0 Å². The molecule has 3 rings (SSSR count). The Bertz CT molecular complexity index is 849. The zero-order valence-electron chi connectivity index (χ0n) is 14.5. The topological polar surface area (TPSA) is 103 Å². The maximum Gasteiger partial charge on any atom is 0.269 e. The first-order valence-corrected chi connectivity index (χ1v) is 8.46. The lowest BCUT2D eigenvalue weighted by molar-refractivity contribution is -0.384. The summed E-state index contributed by atoms with van der Waals surface area (Å²) >= 11 is 0. The molecule has 2 aromatic rings. The summed E-state index contributed by atoms with van der Waals surface area (Å²) in [6.07, 6.45) is 3.16. The van der Waals surface area contributed by atoms with Crippen LogP contribution in [0.25, 0.3) is 6.08 Å². The molecule has 8 nitrogen and oxygen atoms in total. The number of hydrogen-bond donors (Lipinski definition) is 2. The fourth-order valence-corrected chi connectivity index (χ4v) is 2.49. The third kappa shape index (κ3) is 5.21. The molecule has 0 aliphatic carbocycles. The molecular formula is C19H19N3O5. The Morgan fingerprint density at radius 2 is 1.81 bits per heavy atom. The number of benzene rings is 2. The van der Waals surface area contributed by atoms with E-state index in [0.29, 0.717) is 37.8 Å². The first kappa shape index (κ1) is 18.2. The van der Waals surface area contributed by atoms with Gasteiger partial charge in [0.1, 0.15) is 13.2 Å². The number of nitrogens with zero attached hydrogens (tertiary/aromatic N) is 1. The molecule has 0 unspecified atom stereocenters. The van der Waals surface area contributed by atoms with Gasteiger partial charge in [-0.3, -0.25) is 14.9 Å². The van der Waals surface area contributed by atoms with E-state index < -0.39 is 4.92 Å². The molecule has 0 aromatic heterocycles. The average molecular weight is 369 g/mol. The van der Waals surface area contributed by atoms with Gasteiger partial charge in [-0.2, -0.15) is 0 Å². The number of nitro benzene ring substituents is 1. The van der Waals surface area contributed by atoms with Crippen molar-refractivity contribution in [2.24, 2.45) is 0 Å². The zero-order chi connectivity index (χ0) is 19.1. The predicted molar refractivity (Wildman–Crippen MR) is 101 cm³/mol. The standard InChI is InChI=1S/C19H19N3O5/c23-19(8-2-14-1-7-17-18(13-14)27-12-11-26-17)21-10-9-20-15-3-5-16(6-4-15)22(24)25/h1-8,13,20H,9-12H2,(H,21,23)/b8-2+. The number of nitrogens with one attached hydrogen (secondary N) is 2. The molecule has 0 bridgehead atoms. The summed E-state index contributed by atoms with van der Waals surface area (Å²) in [4.78, 5) is 22.0. The van der Waals surface area contributed by atoms with E-state index in [4.69, 9.17) is 9.47 Å². The van der Waals surface area contributed by atoms with Crippen molar-refractivity contribution in [3.05, 3.63) is 64.2 Å². The predicted octanol–water partition coefficient (Wildman–Crippen LogP) is 2.61. The molecule has 1 aliphatic rings. The van der Waals surface area contributed by atoms with Gasteiger partial charge in [0.15, 0.2) is 11.5 Å². The quantitative estimate of drug-likeness (QED) is 0.337. The number of rotatable bonds is 7. The van der Waals surface area contributed by atoms with Crippen LogP contribution >= 0.6 is 0 Å². The van der Waals surface area contributed by atoms with Crippen molar-refractivity contribution >= 4 is 23.4 Å². The molecule has 0 fully saturated rings. The van der Waals surface area contributed by atoms with Crippen LogP contribution in [-0.4, -0.2) is 37.1 Å². The summed E-state index contributed by atoms with van der Waals surface area (Å²) in [6.45, 7) is 1.98. The second-order valence-corrected chi connectivity index (χ2v) is 5.76. The van der Waals surface area contributed by atoms with E-state index in [1.54, 1.807) is 18.2 Å². The van der Waals surface area contributed by atoms with E-state index >= 15 is 0 Å². The van der Waals surface area contributed by atoms with Gasteiger partial charge in [0.05, 0.1) is 4.92 Å². The molecule has 1 heterocycles. The lowest BCUT2D eigenvalue weighted by atomic mass is 10.2. The minimum absolute atomic E-state index is 0.0399. The number of carbonyl (C=O) groups is 1. The van der Waals surface area contributed by atoms with Crippen molar-refractivity contribution in [1.29, 1.82) is 0 Å². The number of amides is 1. The van der Waals surface area contributed by atoms with Crippen LogP contribution in [0.5, 0.6) is 11.5 Å². The molecule has 1 amide bonds. The normalized spacial score (nSPS) is 12.6. The molecule has 27 heavy (non-hydrogen) atoms. The maximum absolute atomic E-state index is 11.9. The molecule has 1 aliphatic heterocycles. The molecule has 2 N–H and O–H groups in total. The highest BCUT2D eigenvalue weighted by Crippen LogP contribution is 2.31. The van der Waals surface area contributed by atoms with Crippen molar-refractivity contribution in [2.75, 3.05) is 31.6 Å². The van der Waals surface area contributed by atoms with Crippen molar-refractivity contribution in [3.8, 4) is 11.5 Å². The number of hydrogen-bond acceptors (Lipinski definition) is 6. The van der Waals surface area contributed by atoms with E-state index in [9.17, 15) is 14.9 Å². The van der Waals surface area contributed by atoms with Crippen molar-refractivity contribution in [1.82, 2.24) is 5.32 Å². The average Bonchev–Trinajstić information content (AvgIpc) is 2.70. The van der Waals surface area contributed by atoms with Gasteiger partial charge < -0.3 is 20.1 Å². The van der Waals surface area contributed by atoms with E-state index in [0.717, 1.165) is 11.3 Å². The summed E-state index contributed by atoms with van der Waals surface area (Å²) < 4.78 is 11.0. The van der Waals surface area contributed by atoms with Crippen LogP contribution in [-0.2, 0) is 4.79 Å². The zero-order valence-corrected chi connectivity index (χ0v) is 14.5. The molecule has 0 spiro atoms. The van der Waals surface area contributed by atoms with Crippen LogP contribution in [0.4, 0.5) is 11.4 Å². The summed E-state index contributed by atoms with van der Waals surface area (Å²) in [7, 11) is 0. The van der Waals surface area contributed by atoms with Crippen LogP contribution in [0, 0.1) is 10.1 Å². The number of non-ortho nitro benzene ring substituents is 1. The van der Waals surface area contributed by atoms with Gasteiger partial charge in [-0.15, -0.1) is 0 Å². The summed E-state index contributed by atoms with van der Waals surface area (Å²) in [6, 6.07) is 11.6. The largest absolute Gasteiger partial charge is 0.486 e. The Balaban J connectivity index is 1.41. The van der Waals surface area contributed by atoms with Gasteiger partial charge in [-0.1, -0.05) is 6.07 Å². The van der Waals surface area contributed by atoms with Crippen LogP contribution in [0.3, 0.4) is 0 Å². The summed E-state index contributed by atoms with van der Waals surface area (Å²) in [5.74, 6) is 1.17. The monoisotopic (exact) mass is 369 g/mol. The van der Waals surface area contributed by atoms with E-state index in [2.05, 4.69) is 10.6 Å². The van der Waals surface area contributed by atoms with E-state index in [1.165, 1.54) is 18.2 Å². The fraction of sp³-hybridized carbons (Fsp3) is 0.211. The summed E-state index contributed by atoms with van der Waals surface area (Å²) in [5.41, 5.74) is 1.64. The highest BCUT2D eigenvalue weighted by molar-refractivity contribution is 5.91. The highest BCUT2D eigenvalue weighted by atomic mass is 16.6. The number of carbonyl (C=O) groups excluding carboxylic acids is 1. The third-order valence-corrected chi connectivity index (χ3v) is 3.82. The molecule has 8 heteroatoms. The molecular weight excluding hydrogens is 350 g/mol. The van der Waals surface area contributed by atoms with Crippen molar-refractivity contribution in [2.45, 2.75) is 0 Å². The molecule has 140 valence electrons. The third-order valence-electron chi connectivity index (χ3n) is 3.82. The minimum Gasteiger partial charge on any atom is -0.486 e. The Kier molecular flexibility index (Phi) is 5.88. The Labute approximate surface area is 155 Å². The number of ether oxygens (including phenoxy) is 2. The summed E-state index contributed by atoms with van der Waals surface area (Å²) in [5, 5.41) is 16.4. The second-order valence-electron chi connectivity index (χ2n) is 5.76. The fourth-order valence-electron chi connectivity index (χ4n) is 2.49. The number of nitro groups is 1. The first-order valence-electron chi connectivity index (χ1n) is 8.46.